The molecule has 0 aromatic carbocycles. The minimum absolute atomic E-state index is 0.0915. The molecule has 9 nitrogen and oxygen atoms in total. The number of imidazole rings is 1. The fourth-order valence-electron chi connectivity index (χ4n) is 2.94. The third-order valence-electron chi connectivity index (χ3n) is 4.31. The van der Waals surface area contributed by atoms with Crippen molar-refractivity contribution < 1.29 is 9.53 Å². The summed E-state index contributed by atoms with van der Waals surface area (Å²) in [4.78, 5) is 31.6. The van der Waals surface area contributed by atoms with Crippen LogP contribution in [0.1, 0.15) is 17.0 Å². The van der Waals surface area contributed by atoms with Gasteiger partial charge >= 0.3 is 0 Å². The van der Waals surface area contributed by atoms with E-state index < -0.39 is 0 Å². The van der Waals surface area contributed by atoms with E-state index in [9.17, 15) is 4.79 Å². The van der Waals surface area contributed by atoms with Gasteiger partial charge in [0, 0.05) is 52.8 Å². The van der Waals surface area contributed by atoms with E-state index in [-0.39, 0.29) is 18.1 Å². The Morgan fingerprint density at radius 3 is 2.96 bits per heavy atom. The number of anilines is 2. The van der Waals surface area contributed by atoms with Crippen LogP contribution in [-0.4, -0.2) is 72.3 Å². The zero-order chi connectivity index (χ0) is 17.8. The van der Waals surface area contributed by atoms with Crippen molar-refractivity contribution in [1.29, 1.82) is 0 Å². The van der Waals surface area contributed by atoms with Crippen molar-refractivity contribution in [3.63, 3.8) is 0 Å². The average molecular weight is 345 g/mol. The van der Waals surface area contributed by atoms with E-state index in [2.05, 4.69) is 30.2 Å². The number of amides is 1. The number of H-pyrrole nitrogens is 1. The lowest BCUT2D eigenvalue weighted by Gasteiger charge is -2.26. The number of aromatic amines is 1. The minimum Gasteiger partial charge on any atom is -0.380 e. The van der Waals surface area contributed by atoms with E-state index in [1.54, 1.807) is 25.8 Å². The summed E-state index contributed by atoms with van der Waals surface area (Å²) in [5.41, 5.74) is 0. The number of hydrogen-bond acceptors (Lipinski definition) is 7. The predicted molar refractivity (Wildman–Crippen MR) is 93.8 cm³/mol. The first-order valence-corrected chi connectivity index (χ1v) is 8.15. The summed E-state index contributed by atoms with van der Waals surface area (Å²) in [5, 5.41) is 2.93. The summed E-state index contributed by atoms with van der Waals surface area (Å²) < 4.78 is 5.52. The summed E-state index contributed by atoms with van der Waals surface area (Å²) in [7, 11) is 5.59. The number of carbonyl (C=O) groups is 1. The number of nitrogens with one attached hydrogen (secondary N) is 2. The Labute approximate surface area is 146 Å². The van der Waals surface area contributed by atoms with Gasteiger partial charge in [-0.3, -0.25) is 4.79 Å². The van der Waals surface area contributed by atoms with Crippen molar-refractivity contribution in [2.45, 2.75) is 18.6 Å². The second kappa shape index (κ2) is 7.47. The molecule has 0 saturated carbocycles. The number of methoxy groups -OCH3 is 1. The lowest BCUT2D eigenvalue weighted by atomic mass is 10.2. The third-order valence-corrected chi connectivity index (χ3v) is 4.31. The molecule has 9 heteroatoms. The fourth-order valence-corrected chi connectivity index (χ4v) is 2.94. The SMILES string of the molecule is CO[C@@H]1C[C@H](CNC(=O)c2ncc[nH]2)N(c2cc(N(C)C)ncn2)C1. The second-order valence-corrected chi connectivity index (χ2v) is 6.18. The molecule has 3 rings (SSSR count). The van der Waals surface area contributed by atoms with Crippen LogP contribution in [0, 0.1) is 0 Å². The topological polar surface area (TPSA) is 99.3 Å². The van der Waals surface area contributed by atoms with Crippen LogP contribution in [0.25, 0.3) is 0 Å². The van der Waals surface area contributed by atoms with Gasteiger partial charge in [-0.2, -0.15) is 0 Å². The van der Waals surface area contributed by atoms with Crippen LogP contribution in [0.5, 0.6) is 0 Å². The molecule has 2 aromatic heterocycles. The molecule has 2 aromatic rings. The maximum absolute atomic E-state index is 12.1. The van der Waals surface area contributed by atoms with Crippen LogP contribution < -0.4 is 15.1 Å². The highest BCUT2D eigenvalue weighted by Crippen LogP contribution is 2.26. The number of aromatic nitrogens is 4. The largest absolute Gasteiger partial charge is 0.380 e. The van der Waals surface area contributed by atoms with Gasteiger partial charge in [0.1, 0.15) is 18.0 Å². The zero-order valence-corrected chi connectivity index (χ0v) is 14.6. The molecule has 1 amide bonds. The first kappa shape index (κ1) is 17.2. The second-order valence-electron chi connectivity index (χ2n) is 6.18. The Morgan fingerprint density at radius 2 is 2.28 bits per heavy atom. The summed E-state index contributed by atoms with van der Waals surface area (Å²) in [6.45, 7) is 1.21. The monoisotopic (exact) mass is 345 g/mol. The molecular formula is C16H23N7O2. The quantitative estimate of drug-likeness (QED) is 0.776. The van der Waals surface area contributed by atoms with Gasteiger partial charge in [0.25, 0.3) is 5.91 Å². The average Bonchev–Trinajstić information content (AvgIpc) is 3.29. The lowest BCUT2D eigenvalue weighted by Crippen LogP contribution is -2.41. The highest BCUT2D eigenvalue weighted by molar-refractivity contribution is 5.90. The van der Waals surface area contributed by atoms with Gasteiger partial charge in [-0.15, -0.1) is 0 Å². The maximum atomic E-state index is 12.1. The molecular weight excluding hydrogens is 322 g/mol. The Morgan fingerprint density at radius 1 is 1.44 bits per heavy atom. The van der Waals surface area contributed by atoms with Crippen LogP contribution in [0.4, 0.5) is 11.6 Å². The number of ether oxygens (including phenoxy) is 1. The highest BCUT2D eigenvalue weighted by atomic mass is 16.5. The molecule has 0 radical (unpaired) electrons. The number of rotatable bonds is 6. The van der Waals surface area contributed by atoms with E-state index >= 15 is 0 Å². The molecule has 1 aliphatic rings. The molecule has 25 heavy (non-hydrogen) atoms. The van der Waals surface area contributed by atoms with E-state index in [0.29, 0.717) is 12.4 Å². The summed E-state index contributed by atoms with van der Waals surface area (Å²) in [6.07, 6.45) is 5.66. The van der Waals surface area contributed by atoms with Crippen LogP contribution in [0.3, 0.4) is 0 Å². The molecule has 0 aliphatic carbocycles. The van der Waals surface area contributed by atoms with Gasteiger partial charge in [0.05, 0.1) is 12.1 Å². The molecule has 2 atom stereocenters. The first-order chi connectivity index (χ1) is 12.1. The minimum atomic E-state index is -0.220. The van der Waals surface area contributed by atoms with Crippen molar-refractivity contribution >= 4 is 17.5 Å². The maximum Gasteiger partial charge on any atom is 0.287 e. The molecule has 0 unspecified atom stereocenters. The summed E-state index contributed by atoms with van der Waals surface area (Å²) in [5.74, 6) is 1.76. The van der Waals surface area contributed by atoms with Gasteiger partial charge in [-0.05, 0) is 6.42 Å². The smallest absolute Gasteiger partial charge is 0.287 e. The van der Waals surface area contributed by atoms with Crippen molar-refractivity contribution in [2.24, 2.45) is 0 Å². The Bertz CT molecular complexity index is 704. The zero-order valence-electron chi connectivity index (χ0n) is 14.6. The van der Waals surface area contributed by atoms with Crippen LogP contribution >= 0.6 is 0 Å². The van der Waals surface area contributed by atoms with E-state index in [1.165, 1.54) is 0 Å². The van der Waals surface area contributed by atoms with Gasteiger partial charge < -0.3 is 24.8 Å². The summed E-state index contributed by atoms with van der Waals surface area (Å²) in [6, 6.07) is 2.04. The van der Waals surface area contributed by atoms with Crippen LogP contribution in [-0.2, 0) is 4.74 Å². The van der Waals surface area contributed by atoms with E-state index in [0.717, 1.165) is 24.6 Å². The summed E-state index contributed by atoms with van der Waals surface area (Å²) >= 11 is 0. The molecule has 2 N–H and O–H groups in total. The Hall–Kier alpha value is -2.68. The number of hydrogen-bond donors (Lipinski definition) is 2. The third kappa shape index (κ3) is 3.87. The highest BCUT2D eigenvalue weighted by Gasteiger charge is 2.33. The molecule has 1 aliphatic heterocycles. The molecule has 1 fully saturated rings. The van der Waals surface area contributed by atoms with Crippen molar-refractivity contribution in [2.75, 3.05) is 44.1 Å². The predicted octanol–water partition coefficient (Wildman–Crippen LogP) is 0.289. The van der Waals surface area contributed by atoms with Crippen LogP contribution in [0.15, 0.2) is 24.8 Å². The molecule has 3 heterocycles. The molecule has 0 spiro atoms. The first-order valence-electron chi connectivity index (χ1n) is 8.15. The van der Waals surface area contributed by atoms with E-state index in [1.807, 2.05) is 25.1 Å². The van der Waals surface area contributed by atoms with Gasteiger partial charge in [-0.25, -0.2) is 15.0 Å². The van der Waals surface area contributed by atoms with Crippen molar-refractivity contribution in [3.05, 3.63) is 30.6 Å². The van der Waals surface area contributed by atoms with Gasteiger partial charge in [0.2, 0.25) is 0 Å². The lowest BCUT2D eigenvalue weighted by molar-refractivity contribution is 0.0937. The number of nitrogens with zero attached hydrogens (tertiary/aromatic N) is 5. The van der Waals surface area contributed by atoms with Crippen molar-refractivity contribution in [1.82, 2.24) is 25.3 Å². The molecule has 1 saturated heterocycles. The van der Waals surface area contributed by atoms with Gasteiger partial charge in [0.15, 0.2) is 5.82 Å². The fraction of sp³-hybridized carbons (Fsp3) is 0.500. The van der Waals surface area contributed by atoms with Gasteiger partial charge in [-0.1, -0.05) is 0 Å². The van der Waals surface area contributed by atoms with Crippen LogP contribution in [0.2, 0.25) is 0 Å². The Kier molecular flexibility index (Phi) is 5.13. The van der Waals surface area contributed by atoms with E-state index in [4.69, 9.17) is 4.74 Å². The molecule has 134 valence electrons. The molecule has 0 bridgehead atoms. The standard InChI is InChI=1S/C16H23N7O2/c1-22(2)13-7-14(21-10-20-13)23-9-12(25-3)6-11(23)8-19-16(24)15-17-4-5-18-15/h4-5,7,10-12H,6,8-9H2,1-3H3,(H,17,18)(H,19,24)/t11-,12-/m1/s1. The normalized spacial score (nSPS) is 19.9. The Balaban J connectivity index is 1.72. The number of carbonyl (C=O) groups excluding carboxylic acids is 1. The van der Waals surface area contributed by atoms with Crippen molar-refractivity contribution in [3.8, 4) is 0 Å².